The summed E-state index contributed by atoms with van der Waals surface area (Å²) in [6.07, 6.45) is -4.10. The highest BCUT2D eigenvalue weighted by Gasteiger charge is 2.39. The Morgan fingerprint density at radius 2 is 1.93 bits per heavy atom. The lowest BCUT2D eigenvalue weighted by Gasteiger charge is -2.24. The first-order chi connectivity index (χ1) is 12.4. The fourth-order valence-electron chi connectivity index (χ4n) is 3.27. The minimum absolute atomic E-state index is 0.0745. The molecule has 1 aliphatic rings. The predicted molar refractivity (Wildman–Crippen MR) is 99.7 cm³/mol. The average molecular weight is 452 g/mol. The highest BCUT2D eigenvalue weighted by Crippen LogP contribution is 2.41. The minimum Gasteiger partial charge on any atom is -0.444 e. The molecule has 0 unspecified atom stereocenters. The van der Waals surface area contributed by atoms with Gasteiger partial charge in [0.1, 0.15) is 5.60 Å². The molecule has 1 aromatic rings. The van der Waals surface area contributed by atoms with Gasteiger partial charge in [-0.2, -0.15) is 13.2 Å². The van der Waals surface area contributed by atoms with Gasteiger partial charge < -0.3 is 14.4 Å². The van der Waals surface area contributed by atoms with Crippen LogP contribution in [0.2, 0.25) is 0 Å². The first-order valence-electron chi connectivity index (χ1n) is 8.76. The van der Waals surface area contributed by atoms with Crippen LogP contribution < -0.4 is 0 Å². The molecule has 0 radical (unpaired) electrons. The van der Waals surface area contributed by atoms with Crippen molar-refractivity contribution in [1.82, 2.24) is 4.90 Å². The summed E-state index contributed by atoms with van der Waals surface area (Å²) in [6.45, 7) is 6.79. The van der Waals surface area contributed by atoms with E-state index >= 15 is 0 Å². The number of halogens is 4. The van der Waals surface area contributed by atoms with Crippen molar-refractivity contribution in [3.8, 4) is 0 Å². The lowest BCUT2D eigenvalue weighted by Crippen LogP contribution is -2.35. The SMILES string of the molecule is COCC[C@H]1CN(C(=O)OC(C)(C)C)C[C@@H]1c1ccc(C(F)(F)F)cc1Br. The molecule has 152 valence electrons. The molecule has 2 atom stereocenters. The average Bonchev–Trinajstić information content (AvgIpc) is 2.94. The Labute approximate surface area is 166 Å². The fraction of sp³-hybridized carbons (Fsp3) is 0.632. The topological polar surface area (TPSA) is 38.8 Å². The molecule has 0 spiro atoms. The number of carbonyl (C=O) groups is 1. The molecule has 0 aromatic heterocycles. The van der Waals surface area contributed by atoms with Gasteiger partial charge in [-0.25, -0.2) is 4.79 Å². The Bertz CT molecular complexity index is 673. The van der Waals surface area contributed by atoms with Crippen LogP contribution in [0.25, 0.3) is 0 Å². The van der Waals surface area contributed by atoms with E-state index in [0.29, 0.717) is 30.6 Å². The van der Waals surface area contributed by atoms with Gasteiger partial charge in [0.05, 0.1) is 5.56 Å². The Morgan fingerprint density at radius 1 is 1.26 bits per heavy atom. The van der Waals surface area contributed by atoms with Crippen molar-refractivity contribution in [3.63, 3.8) is 0 Å². The summed E-state index contributed by atoms with van der Waals surface area (Å²) in [5.41, 5.74) is -0.546. The summed E-state index contributed by atoms with van der Waals surface area (Å²) in [6, 6.07) is 3.68. The van der Waals surface area contributed by atoms with Gasteiger partial charge >= 0.3 is 12.3 Å². The molecule has 1 aromatic carbocycles. The van der Waals surface area contributed by atoms with Gasteiger partial charge in [-0.1, -0.05) is 22.0 Å². The molecule has 8 heteroatoms. The summed E-state index contributed by atoms with van der Waals surface area (Å²) in [7, 11) is 1.60. The quantitative estimate of drug-likeness (QED) is 0.610. The fourth-order valence-corrected chi connectivity index (χ4v) is 3.94. The lowest BCUT2D eigenvalue weighted by atomic mass is 9.86. The van der Waals surface area contributed by atoms with Crippen molar-refractivity contribution in [3.05, 3.63) is 33.8 Å². The molecule has 0 bridgehead atoms. The first-order valence-corrected chi connectivity index (χ1v) is 9.55. The van der Waals surface area contributed by atoms with Gasteiger partial charge in [-0.3, -0.25) is 0 Å². The maximum absolute atomic E-state index is 12.9. The molecular weight excluding hydrogens is 427 g/mol. The van der Waals surface area contributed by atoms with E-state index in [2.05, 4.69) is 15.9 Å². The lowest BCUT2D eigenvalue weighted by molar-refractivity contribution is -0.137. The highest BCUT2D eigenvalue weighted by molar-refractivity contribution is 9.10. The van der Waals surface area contributed by atoms with Crippen LogP contribution >= 0.6 is 15.9 Å². The zero-order valence-electron chi connectivity index (χ0n) is 15.9. The largest absolute Gasteiger partial charge is 0.444 e. The molecule has 4 nitrogen and oxygen atoms in total. The molecule has 1 aliphatic heterocycles. The summed E-state index contributed by atoms with van der Waals surface area (Å²) >= 11 is 3.29. The third-order valence-corrected chi connectivity index (χ3v) is 5.20. The number of hydrogen-bond donors (Lipinski definition) is 0. The molecule has 0 aliphatic carbocycles. The van der Waals surface area contributed by atoms with Crippen LogP contribution in [0.4, 0.5) is 18.0 Å². The zero-order chi connectivity index (χ0) is 20.4. The number of rotatable bonds is 4. The Hall–Kier alpha value is -1.28. The van der Waals surface area contributed by atoms with Gasteiger partial charge in [-0.15, -0.1) is 0 Å². The van der Waals surface area contributed by atoms with Crippen LogP contribution in [0.15, 0.2) is 22.7 Å². The van der Waals surface area contributed by atoms with E-state index in [0.717, 1.165) is 17.7 Å². The van der Waals surface area contributed by atoms with Crippen molar-refractivity contribution in [2.24, 2.45) is 5.92 Å². The van der Waals surface area contributed by atoms with Gasteiger partial charge in [0.25, 0.3) is 0 Å². The van der Waals surface area contributed by atoms with Gasteiger partial charge in [0, 0.05) is 37.2 Å². The van der Waals surface area contributed by atoms with Crippen molar-refractivity contribution in [2.45, 2.75) is 44.9 Å². The van der Waals surface area contributed by atoms with E-state index in [-0.39, 0.29) is 11.8 Å². The molecule has 1 saturated heterocycles. The van der Waals surface area contributed by atoms with E-state index < -0.39 is 23.4 Å². The monoisotopic (exact) mass is 451 g/mol. The number of methoxy groups -OCH3 is 1. The second kappa shape index (κ2) is 8.39. The Balaban J connectivity index is 2.25. The van der Waals surface area contributed by atoms with Crippen LogP contribution in [0, 0.1) is 5.92 Å². The summed E-state index contributed by atoms with van der Waals surface area (Å²) in [5, 5.41) is 0. The number of nitrogens with zero attached hydrogens (tertiary/aromatic N) is 1. The molecular formula is C19H25BrF3NO3. The van der Waals surface area contributed by atoms with Crippen molar-refractivity contribution in [1.29, 1.82) is 0 Å². The number of amides is 1. The summed E-state index contributed by atoms with van der Waals surface area (Å²) in [4.78, 5) is 14.1. The highest BCUT2D eigenvalue weighted by atomic mass is 79.9. The number of alkyl halides is 3. The van der Waals surface area contributed by atoms with E-state index in [1.807, 2.05) is 0 Å². The van der Waals surface area contributed by atoms with Crippen LogP contribution in [0.3, 0.4) is 0 Å². The minimum atomic E-state index is -4.39. The van der Waals surface area contributed by atoms with Crippen molar-refractivity contribution < 1.29 is 27.4 Å². The number of likely N-dealkylation sites (tertiary alicyclic amines) is 1. The molecule has 0 saturated carbocycles. The number of hydrogen-bond acceptors (Lipinski definition) is 3. The Kier molecular flexibility index (Phi) is 6.84. The van der Waals surface area contributed by atoms with E-state index in [9.17, 15) is 18.0 Å². The third kappa shape index (κ3) is 5.85. The second-order valence-electron chi connectivity index (χ2n) is 7.77. The van der Waals surface area contributed by atoms with Gasteiger partial charge in [-0.05, 0) is 50.8 Å². The van der Waals surface area contributed by atoms with Crippen LogP contribution in [0.5, 0.6) is 0 Å². The summed E-state index contributed by atoms with van der Waals surface area (Å²) in [5.74, 6) is -0.0187. The van der Waals surface area contributed by atoms with Crippen LogP contribution in [-0.2, 0) is 15.7 Å². The molecule has 1 amide bonds. The molecule has 1 fully saturated rings. The van der Waals surface area contributed by atoms with Gasteiger partial charge in [0.2, 0.25) is 0 Å². The summed E-state index contributed by atoms with van der Waals surface area (Å²) < 4.78 is 49.8. The predicted octanol–water partition coefficient (Wildman–Crippen LogP) is 5.45. The number of carbonyl (C=O) groups excluding carboxylic acids is 1. The van der Waals surface area contributed by atoms with Crippen LogP contribution in [-0.4, -0.2) is 43.4 Å². The third-order valence-electron chi connectivity index (χ3n) is 4.51. The Morgan fingerprint density at radius 3 is 2.44 bits per heavy atom. The van der Waals surface area contributed by atoms with E-state index in [1.165, 1.54) is 6.07 Å². The number of ether oxygens (including phenoxy) is 2. The van der Waals surface area contributed by atoms with Crippen molar-refractivity contribution >= 4 is 22.0 Å². The molecule has 27 heavy (non-hydrogen) atoms. The van der Waals surface area contributed by atoms with Crippen LogP contribution in [0.1, 0.15) is 44.2 Å². The molecule has 0 N–H and O–H groups in total. The normalized spacial score (nSPS) is 20.8. The van der Waals surface area contributed by atoms with Crippen molar-refractivity contribution in [2.75, 3.05) is 26.8 Å². The maximum atomic E-state index is 12.9. The van der Waals surface area contributed by atoms with E-state index in [1.54, 1.807) is 32.8 Å². The first kappa shape index (κ1) is 22.0. The molecule has 1 heterocycles. The van der Waals surface area contributed by atoms with Gasteiger partial charge in [0.15, 0.2) is 0 Å². The maximum Gasteiger partial charge on any atom is 0.416 e. The van der Waals surface area contributed by atoms with E-state index in [4.69, 9.17) is 9.47 Å². The second-order valence-corrected chi connectivity index (χ2v) is 8.62. The zero-order valence-corrected chi connectivity index (χ0v) is 17.5. The standard InChI is InChI=1S/C19H25BrF3NO3/c1-18(2,3)27-17(25)24-10-12(7-8-26-4)15(11-24)14-6-5-13(9-16(14)20)19(21,22)23/h5-6,9,12,15H,7-8,10-11H2,1-4H3/t12-,15-/m0/s1. The molecule has 2 rings (SSSR count). The number of benzene rings is 1. The smallest absolute Gasteiger partial charge is 0.416 e.